The van der Waals surface area contributed by atoms with Gasteiger partial charge in [-0.1, -0.05) is 29.8 Å². The molecule has 0 bridgehead atoms. The van der Waals surface area contributed by atoms with Crippen molar-refractivity contribution in [2.45, 2.75) is 19.1 Å². The van der Waals surface area contributed by atoms with Gasteiger partial charge in [0.15, 0.2) is 0 Å². The molecule has 112 valence electrons. The van der Waals surface area contributed by atoms with Crippen LogP contribution in [-0.4, -0.2) is 16.6 Å². The molecule has 21 heavy (non-hydrogen) atoms. The maximum atomic E-state index is 12.7. The van der Waals surface area contributed by atoms with E-state index in [0.29, 0.717) is 23.9 Å². The van der Waals surface area contributed by atoms with E-state index >= 15 is 0 Å². The molecule has 0 radical (unpaired) electrons. The van der Waals surface area contributed by atoms with E-state index in [4.69, 9.17) is 4.74 Å². The van der Waals surface area contributed by atoms with E-state index in [-0.39, 0.29) is 5.82 Å². The van der Waals surface area contributed by atoms with Gasteiger partial charge in [-0.05, 0) is 43.2 Å². The van der Waals surface area contributed by atoms with E-state index < -0.39 is 10.8 Å². The average molecular weight is 306 g/mol. The minimum absolute atomic E-state index is 0.276. The molecule has 2 aromatic rings. The number of ether oxygens (including phenoxy) is 1. The van der Waals surface area contributed by atoms with Crippen LogP contribution in [-0.2, 0) is 16.6 Å². The van der Waals surface area contributed by atoms with Gasteiger partial charge >= 0.3 is 0 Å². The van der Waals surface area contributed by atoms with E-state index in [9.17, 15) is 8.60 Å². The van der Waals surface area contributed by atoms with Crippen LogP contribution in [0.1, 0.15) is 17.5 Å². The molecule has 0 aliphatic heterocycles. The molecule has 0 amide bonds. The Morgan fingerprint density at radius 3 is 2.62 bits per heavy atom. The molecule has 0 spiro atoms. The van der Waals surface area contributed by atoms with Crippen molar-refractivity contribution in [3.8, 4) is 5.75 Å². The quantitative estimate of drug-likeness (QED) is 0.726. The Bertz CT molecular complexity index is 596. The maximum absolute atomic E-state index is 12.7. The molecule has 0 N–H and O–H groups in total. The highest BCUT2D eigenvalue weighted by atomic mass is 32.2. The van der Waals surface area contributed by atoms with Crippen LogP contribution in [0.2, 0.25) is 0 Å². The zero-order valence-corrected chi connectivity index (χ0v) is 12.9. The summed E-state index contributed by atoms with van der Waals surface area (Å²) in [6.45, 7) is 2.52. The molecule has 2 rings (SSSR count). The number of rotatable bonds is 7. The first-order valence-electron chi connectivity index (χ1n) is 6.92. The molecule has 0 aliphatic carbocycles. The van der Waals surface area contributed by atoms with Crippen LogP contribution in [0.3, 0.4) is 0 Å². The molecule has 0 aliphatic rings. The molecule has 0 fully saturated rings. The molecule has 0 saturated heterocycles. The summed E-state index contributed by atoms with van der Waals surface area (Å²) in [5, 5.41) is 0. The Morgan fingerprint density at radius 2 is 1.90 bits per heavy atom. The van der Waals surface area contributed by atoms with Crippen LogP contribution in [0.5, 0.6) is 5.75 Å². The van der Waals surface area contributed by atoms with Crippen molar-refractivity contribution in [3.05, 3.63) is 65.5 Å². The third kappa shape index (κ3) is 5.68. The molecule has 0 unspecified atom stereocenters. The monoisotopic (exact) mass is 306 g/mol. The Hall–Kier alpha value is -1.68. The summed E-state index contributed by atoms with van der Waals surface area (Å²) < 4.78 is 30.2. The molecule has 0 heterocycles. The van der Waals surface area contributed by atoms with Crippen molar-refractivity contribution in [2.75, 3.05) is 12.4 Å². The molecular weight excluding hydrogens is 287 g/mol. The van der Waals surface area contributed by atoms with Gasteiger partial charge in [0.2, 0.25) is 0 Å². The lowest BCUT2D eigenvalue weighted by Gasteiger charge is -2.06. The first-order valence-corrected chi connectivity index (χ1v) is 8.41. The fourth-order valence-electron chi connectivity index (χ4n) is 2.00. The van der Waals surface area contributed by atoms with Gasteiger partial charge in [-0.3, -0.25) is 4.21 Å². The van der Waals surface area contributed by atoms with Crippen molar-refractivity contribution >= 4 is 10.8 Å². The van der Waals surface area contributed by atoms with E-state index in [0.717, 1.165) is 12.0 Å². The Morgan fingerprint density at radius 1 is 1.14 bits per heavy atom. The highest BCUT2D eigenvalue weighted by Crippen LogP contribution is 2.12. The highest BCUT2D eigenvalue weighted by Gasteiger charge is 2.03. The van der Waals surface area contributed by atoms with Gasteiger partial charge in [0, 0.05) is 22.3 Å². The lowest BCUT2D eigenvalue weighted by atomic mass is 10.2. The lowest BCUT2D eigenvalue weighted by molar-refractivity contribution is 0.318. The fourth-order valence-corrected chi connectivity index (χ4v) is 3.14. The van der Waals surface area contributed by atoms with Crippen LogP contribution in [0.25, 0.3) is 0 Å². The zero-order valence-electron chi connectivity index (χ0n) is 12.0. The Labute approximate surface area is 127 Å². The average Bonchev–Trinajstić information content (AvgIpc) is 2.45. The number of benzene rings is 2. The van der Waals surface area contributed by atoms with E-state index in [1.165, 1.54) is 17.7 Å². The fraction of sp³-hybridized carbons (Fsp3) is 0.294. The summed E-state index contributed by atoms with van der Waals surface area (Å²) in [6, 6.07) is 14.0. The summed E-state index contributed by atoms with van der Waals surface area (Å²) in [5.74, 6) is 1.55. The SMILES string of the molecule is Cc1cccc(C[S@](=O)CCCOc2ccc(F)cc2)c1. The molecule has 1 atom stereocenters. The van der Waals surface area contributed by atoms with E-state index in [1.54, 1.807) is 12.1 Å². The summed E-state index contributed by atoms with van der Waals surface area (Å²) in [6.07, 6.45) is 0.718. The second-order valence-electron chi connectivity index (χ2n) is 4.93. The molecule has 0 saturated carbocycles. The maximum Gasteiger partial charge on any atom is 0.123 e. The topological polar surface area (TPSA) is 26.3 Å². The van der Waals surface area contributed by atoms with Crippen LogP contribution in [0.15, 0.2) is 48.5 Å². The van der Waals surface area contributed by atoms with E-state index in [1.807, 2.05) is 25.1 Å². The van der Waals surface area contributed by atoms with Gasteiger partial charge in [-0.25, -0.2) is 4.39 Å². The number of hydrogen-bond acceptors (Lipinski definition) is 2. The van der Waals surface area contributed by atoms with Gasteiger partial charge in [0.1, 0.15) is 11.6 Å². The van der Waals surface area contributed by atoms with Gasteiger partial charge < -0.3 is 4.74 Å². The lowest BCUT2D eigenvalue weighted by Crippen LogP contribution is -2.06. The second-order valence-corrected chi connectivity index (χ2v) is 6.51. The van der Waals surface area contributed by atoms with Crippen LogP contribution in [0, 0.1) is 12.7 Å². The molecular formula is C17H19FO2S. The standard InChI is InChI=1S/C17H19FO2S/c1-14-4-2-5-15(12-14)13-21(19)11-3-10-20-17-8-6-16(18)7-9-17/h2,4-9,12H,3,10-11,13H2,1H3/t21-/m1/s1. The second kappa shape index (κ2) is 7.93. The van der Waals surface area contributed by atoms with Crippen LogP contribution >= 0.6 is 0 Å². The third-order valence-corrected chi connectivity index (χ3v) is 4.41. The van der Waals surface area contributed by atoms with Crippen molar-refractivity contribution in [1.82, 2.24) is 0 Å². The summed E-state index contributed by atoms with van der Waals surface area (Å²) >= 11 is 0. The summed E-state index contributed by atoms with van der Waals surface area (Å²) in [5.41, 5.74) is 2.29. The predicted octanol–water partition coefficient (Wildman–Crippen LogP) is 3.85. The number of aryl methyl sites for hydroxylation is 1. The minimum atomic E-state index is -0.881. The van der Waals surface area contributed by atoms with Gasteiger partial charge in [0.05, 0.1) is 6.61 Å². The first kappa shape index (κ1) is 15.7. The Kier molecular flexibility index (Phi) is 5.93. The molecule has 4 heteroatoms. The van der Waals surface area contributed by atoms with Crippen molar-refractivity contribution < 1.29 is 13.3 Å². The highest BCUT2D eigenvalue weighted by molar-refractivity contribution is 7.84. The predicted molar refractivity (Wildman–Crippen MR) is 84.4 cm³/mol. The minimum Gasteiger partial charge on any atom is -0.494 e. The number of halogens is 1. The Balaban J connectivity index is 1.68. The normalized spacial score (nSPS) is 12.1. The van der Waals surface area contributed by atoms with Gasteiger partial charge in [-0.15, -0.1) is 0 Å². The van der Waals surface area contributed by atoms with Crippen molar-refractivity contribution in [2.24, 2.45) is 0 Å². The number of hydrogen-bond donors (Lipinski definition) is 0. The first-order chi connectivity index (χ1) is 10.1. The van der Waals surface area contributed by atoms with Crippen LogP contribution in [0.4, 0.5) is 4.39 Å². The van der Waals surface area contributed by atoms with Gasteiger partial charge in [0.25, 0.3) is 0 Å². The zero-order chi connectivity index (χ0) is 15.1. The van der Waals surface area contributed by atoms with E-state index in [2.05, 4.69) is 6.07 Å². The largest absolute Gasteiger partial charge is 0.494 e. The third-order valence-electron chi connectivity index (χ3n) is 3.01. The van der Waals surface area contributed by atoms with Crippen molar-refractivity contribution in [3.63, 3.8) is 0 Å². The summed E-state index contributed by atoms with van der Waals surface area (Å²) in [4.78, 5) is 0. The van der Waals surface area contributed by atoms with Crippen LogP contribution < -0.4 is 4.74 Å². The molecule has 2 nitrogen and oxygen atoms in total. The van der Waals surface area contributed by atoms with Gasteiger partial charge in [-0.2, -0.15) is 0 Å². The van der Waals surface area contributed by atoms with Crippen molar-refractivity contribution in [1.29, 1.82) is 0 Å². The molecule has 0 aromatic heterocycles. The smallest absolute Gasteiger partial charge is 0.123 e. The summed E-state index contributed by atoms with van der Waals surface area (Å²) in [7, 11) is -0.881. The molecule has 2 aromatic carbocycles.